The molecule has 0 heterocycles. The second kappa shape index (κ2) is 11.4. The number of carbonyl (C=O) groups excluding carboxylic acids is 1. The first-order chi connectivity index (χ1) is 5.52. The topological polar surface area (TPSA) is 31.2 Å². The van der Waals surface area contributed by atoms with E-state index in [-0.39, 0.29) is 69.5 Å². The van der Waals surface area contributed by atoms with Gasteiger partial charge in [-0.25, -0.2) is 0 Å². The summed E-state index contributed by atoms with van der Waals surface area (Å²) in [6.45, 7) is 10.2. The van der Waals surface area contributed by atoms with Crippen molar-refractivity contribution >= 4 is 5.91 Å². The zero-order valence-corrected chi connectivity index (χ0v) is 15.2. The molecule has 0 N–H and O–H groups in total. The molecule has 13 heavy (non-hydrogen) atoms. The number of rotatable bonds is 3. The van der Waals surface area contributed by atoms with Gasteiger partial charge in [-0.2, -0.15) is 0 Å². The van der Waals surface area contributed by atoms with Crippen LogP contribution in [0.1, 0.15) is 47.5 Å². The normalized spacial score (nSPS) is 9.08. The van der Waals surface area contributed by atoms with Gasteiger partial charge in [-0.05, 0) is 11.8 Å². The summed E-state index contributed by atoms with van der Waals surface area (Å²) in [6, 6.07) is 0. The average molecular weight is 258 g/mol. The molecule has 2 nitrogen and oxygen atoms in total. The summed E-state index contributed by atoms with van der Waals surface area (Å²) >= 11 is 0. The van der Waals surface area contributed by atoms with Crippen molar-refractivity contribution in [1.82, 2.24) is 0 Å². The molecule has 3 heteroatoms. The minimum absolute atomic E-state index is 0. The van der Waals surface area contributed by atoms with E-state index in [1.165, 1.54) is 0 Å². The second-order valence-electron chi connectivity index (χ2n) is 3.31. The molecule has 0 spiro atoms. The predicted molar refractivity (Wildman–Crippen MR) is 54.3 cm³/mol. The Morgan fingerprint density at radius 1 is 1.31 bits per heavy atom. The van der Waals surface area contributed by atoms with E-state index >= 15 is 0 Å². The van der Waals surface area contributed by atoms with E-state index in [9.17, 15) is 4.79 Å². The van der Waals surface area contributed by atoms with Crippen LogP contribution in [-0.4, -0.2) is 13.0 Å². The van der Waals surface area contributed by atoms with E-state index in [4.69, 9.17) is 0 Å². The molecule has 0 aliphatic carbocycles. The molecule has 0 saturated heterocycles. The van der Waals surface area contributed by atoms with Crippen LogP contribution in [-0.2, 0) is 4.79 Å². The fourth-order valence-corrected chi connectivity index (χ4v) is 0.613. The first-order valence-electron chi connectivity index (χ1n) is 4.64. The largest absolute Gasteiger partial charge is 1.00 e. The molecule has 0 aromatic carbocycles. The van der Waals surface area contributed by atoms with Gasteiger partial charge in [0, 0.05) is 0 Å². The molecule has 0 atom stereocenters. The average Bonchev–Trinajstić information content (AvgIpc) is 2.07. The van der Waals surface area contributed by atoms with E-state index in [1.807, 2.05) is 13.8 Å². The van der Waals surface area contributed by atoms with Gasteiger partial charge < -0.3 is 10.1 Å². The van der Waals surface area contributed by atoms with Gasteiger partial charge in [0.15, 0.2) is 0 Å². The minimum Gasteiger partial charge on any atom is -0.656 e. The van der Waals surface area contributed by atoms with Gasteiger partial charge in [-0.3, -0.25) is 0 Å². The molecule has 0 saturated carbocycles. The summed E-state index contributed by atoms with van der Waals surface area (Å²) in [5.41, 5.74) is 0.122. The van der Waals surface area contributed by atoms with Crippen LogP contribution in [0.2, 0.25) is 0 Å². The van der Waals surface area contributed by atoms with Crippen molar-refractivity contribution in [2.45, 2.75) is 47.5 Å². The third-order valence-electron chi connectivity index (χ3n) is 1.84. The molecule has 0 aliphatic rings. The number of carbonyl (C=O) groups is 1. The third-order valence-corrected chi connectivity index (χ3v) is 1.84. The van der Waals surface area contributed by atoms with Gasteiger partial charge in [-0.1, -0.05) is 41.0 Å². The Morgan fingerprint density at radius 3 is 1.92 bits per heavy atom. The SMILES string of the molecule is CC.CCC(C)(C)CC(=O)[N-]C.[Rb+]. The van der Waals surface area contributed by atoms with Crippen molar-refractivity contribution in [2.75, 3.05) is 7.05 Å². The molecule has 0 radical (unpaired) electrons. The Kier molecular flexibility index (Phi) is 17.3. The number of amides is 1. The monoisotopic (exact) mass is 257 g/mol. The summed E-state index contributed by atoms with van der Waals surface area (Å²) in [5.74, 6) is 0.00634. The van der Waals surface area contributed by atoms with Gasteiger partial charge in [-0.15, -0.1) is 7.05 Å². The summed E-state index contributed by atoms with van der Waals surface area (Å²) in [4.78, 5) is 10.8. The number of hydrogen-bond donors (Lipinski definition) is 0. The molecule has 0 bridgehead atoms. The fourth-order valence-electron chi connectivity index (χ4n) is 0.613. The maximum absolute atomic E-state index is 10.8. The van der Waals surface area contributed by atoms with E-state index in [0.717, 1.165) is 6.42 Å². The quantitative estimate of drug-likeness (QED) is 0.719. The van der Waals surface area contributed by atoms with Crippen molar-refractivity contribution in [2.24, 2.45) is 5.41 Å². The summed E-state index contributed by atoms with van der Waals surface area (Å²) in [7, 11) is 1.55. The third kappa shape index (κ3) is 13.3. The van der Waals surface area contributed by atoms with Gasteiger partial charge in [0.2, 0.25) is 0 Å². The Morgan fingerprint density at radius 2 is 1.69 bits per heavy atom. The molecule has 0 aliphatic heterocycles. The maximum atomic E-state index is 10.8. The van der Waals surface area contributed by atoms with Crippen molar-refractivity contribution in [3.8, 4) is 0 Å². The number of hydrogen-bond acceptors (Lipinski definition) is 1. The van der Waals surface area contributed by atoms with Crippen molar-refractivity contribution in [3.63, 3.8) is 0 Å². The van der Waals surface area contributed by atoms with Crippen LogP contribution in [0, 0.1) is 5.41 Å². The first-order valence-corrected chi connectivity index (χ1v) is 4.64. The van der Waals surface area contributed by atoms with Crippen LogP contribution < -0.4 is 58.2 Å². The zero-order valence-electron chi connectivity index (χ0n) is 10.3. The van der Waals surface area contributed by atoms with Gasteiger partial charge in [0.25, 0.3) is 0 Å². The second-order valence-corrected chi connectivity index (χ2v) is 3.31. The van der Waals surface area contributed by atoms with Crippen molar-refractivity contribution < 1.29 is 63.0 Å². The molecule has 74 valence electrons. The standard InChI is InChI=1S/C8H17NO.C2H6.Rb/c1-5-8(2,3)6-7(10)9-4;1-2;/h5-6H2,1-4H3,(H,9,10);1-2H3;/q;;+1/p-1. The Hall–Kier alpha value is 1.28. The van der Waals surface area contributed by atoms with E-state index in [2.05, 4.69) is 26.1 Å². The number of nitrogens with zero attached hydrogens (tertiary/aromatic N) is 1. The minimum atomic E-state index is 0. The van der Waals surface area contributed by atoms with E-state index in [0.29, 0.717) is 6.42 Å². The molecular weight excluding hydrogens is 236 g/mol. The molecule has 0 rings (SSSR count). The molecule has 1 amide bonds. The molecule has 0 aromatic rings. The Bertz CT molecular complexity index is 124. The van der Waals surface area contributed by atoms with Gasteiger partial charge in [0.05, 0.1) is 5.91 Å². The van der Waals surface area contributed by atoms with Crippen LogP contribution in [0.25, 0.3) is 5.32 Å². The zero-order chi connectivity index (χ0) is 10.2. The summed E-state index contributed by atoms with van der Waals surface area (Å²) in [5, 5.41) is 3.58. The summed E-state index contributed by atoms with van der Waals surface area (Å²) < 4.78 is 0. The van der Waals surface area contributed by atoms with E-state index < -0.39 is 0 Å². The van der Waals surface area contributed by atoms with Crippen LogP contribution >= 0.6 is 0 Å². The van der Waals surface area contributed by atoms with Crippen molar-refractivity contribution in [1.29, 1.82) is 0 Å². The predicted octanol–water partition coefficient (Wildman–Crippen LogP) is 0.373. The van der Waals surface area contributed by atoms with Crippen LogP contribution in [0.4, 0.5) is 0 Å². The van der Waals surface area contributed by atoms with E-state index in [1.54, 1.807) is 7.05 Å². The van der Waals surface area contributed by atoms with Gasteiger partial charge in [0.1, 0.15) is 0 Å². The Labute approximate surface area is 132 Å². The van der Waals surface area contributed by atoms with Crippen LogP contribution in [0.3, 0.4) is 0 Å². The molecular formula is C10H22NORb. The summed E-state index contributed by atoms with van der Waals surface area (Å²) in [6.07, 6.45) is 1.59. The fraction of sp³-hybridized carbons (Fsp3) is 0.900. The Balaban J connectivity index is -0.000000309. The molecule has 0 fully saturated rings. The molecule has 0 unspecified atom stereocenters. The molecule has 0 aromatic heterocycles. The first kappa shape index (κ1) is 19.8. The smallest absolute Gasteiger partial charge is 0.656 e. The van der Waals surface area contributed by atoms with Gasteiger partial charge >= 0.3 is 58.2 Å². The van der Waals surface area contributed by atoms with Crippen molar-refractivity contribution in [3.05, 3.63) is 5.32 Å². The maximum Gasteiger partial charge on any atom is 1.00 e. The van der Waals surface area contributed by atoms with Crippen LogP contribution in [0.5, 0.6) is 0 Å². The van der Waals surface area contributed by atoms with Crippen LogP contribution in [0.15, 0.2) is 0 Å².